The summed E-state index contributed by atoms with van der Waals surface area (Å²) >= 11 is 0. The van der Waals surface area contributed by atoms with Gasteiger partial charge in [-0.25, -0.2) is 0 Å². The van der Waals surface area contributed by atoms with E-state index in [9.17, 15) is 9.59 Å². The van der Waals surface area contributed by atoms with E-state index in [0.717, 1.165) is 18.7 Å². The smallest absolute Gasteiger partial charge is 0.316 e. The van der Waals surface area contributed by atoms with Crippen molar-refractivity contribution in [3.63, 3.8) is 0 Å². The Morgan fingerprint density at radius 3 is 2.23 bits per heavy atom. The first-order chi connectivity index (χ1) is 17.1. The molecule has 2 aliphatic heterocycles. The van der Waals surface area contributed by atoms with Crippen LogP contribution in [-0.2, 0) is 0 Å². The highest BCUT2D eigenvalue weighted by atomic mass is 16.5. The number of piperazine rings is 1. The number of carbonyl (C=O) groups excluding carboxylic acids is 2. The van der Waals surface area contributed by atoms with E-state index in [1.807, 2.05) is 12.1 Å². The van der Waals surface area contributed by atoms with Crippen molar-refractivity contribution in [3.05, 3.63) is 60.0 Å². The molecule has 0 unspecified atom stereocenters. The average molecular weight is 476 g/mol. The number of hydrogen-bond acceptors (Lipinski definition) is 7. The van der Waals surface area contributed by atoms with Crippen LogP contribution >= 0.6 is 0 Å². The largest absolute Gasteiger partial charge is 0.497 e. The Hall–Kier alpha value is -3.88. The Morgan fingerprint density at radius 1 is 0.857 bits per heavy atom. The molecule has 3 heterocycles. The van der Waals surface area contributed by atoms with Gasteiger partial charge in [0.2, 0.25) is 5.82 Å². The molecule has 2 aliphatic rings. The lowest BCUT2D eigenvalue weighted by Gasteiger charge is -2.34. The van der Waals surface area contributed by atoms with Crippen molar-refractivity contribution < 1.29 is 18.8 Å². The van der Waals surface area contributed by atoms with Gasteiger partial charge in [-0.15, -0.1) is 0 Å². The molecule has 2 saturated heterocycles. The molecule has 3 aromatic rings. The van der Waals surface area contributed by atoms with Crippen LogP contribution in [0.2, 0.25) is 0 Å². The number of rotatable bonds is 5. The van der Waals surface area contributed by atoms with E-state index in [4.69, 9.17) is 9.26 Å². The second-order valence-corrected chi connectivity index (χ2v) is 8.83. The van der Waals surface area contributed by atoms with Crippen molar-refractivity contribution in [1.82, 2.24) is 19.9 Å². The molecule has 0 bridgehead atoms. The van der Waals surface area contributed by atoms with Crippen molar-refractivity contribution in [2.45, 2.75) is 19.3 Å². The molecule has 2 amide bonds. The van der Waals surface area contributed by atoms with Gasteiger partial charge in [0, 0.05) is 56.1 Å². The molecule has 0 N–H and O–H groups in total. The van der Waals surface area contributed by atoms with E-state index in [0.29, 0.717) is 43.3 Å². The topological polar surface area (TPSA) is 92.0 Å². The highest BCUT2D eigenvalue weighted by molar-refractivity contribution is 5.95. The molecule has 0 aliphatic carbocycles. The fourth-order valence-corrected chi connectivity index (χ4v) is 4.59. The molecule has 1 aromatic heterocycles. The second-order valence-electron chi connectivity index (χ2n) is 8.83. The predicted molar refractivity (Wildman–Crippen MR) is 131 cm³/mol. The van der Waals surface area contributed by atoms with Crippen LogP contribution in [-0.4, -0.2) is 78.1 Å². The molecule has 182 valence electrons. The Morgan fingerprint density at radius 2 is 1.54 bits per heavy atom. The summed E-state index contributed by atoms with van der Waals surface area (Å²) in [5.41, 5.74) is 2.56. The van der Waals surface area contributed by atoms with Crippen LogP contribution in [0.3, 0.4) is 0 Å². The zero-order valence-corrected chi connectivity index (χ0v) is 19.9. The van der Waals surface area contributed by atoms with Crippen molar-refractivity contribution in [3.8, 4) is 17.1 Å². The number of methoxy groups -OCH3 is 1. The van der Waals surface area contributed by atoms with Crippen molar-refractivity contribution in [2.24, 2.45) is 0 Å². The Bertz CT molecular complexity index is 1180. The molecule has 9 heteroatoms. The normalized spacial score (nSPS) is 16.3. The minimum atomic E-state index is -0.317. The first-order valence-corrected chi connectivity index (χ1v) is 12.0. The highest BCUT2D eigenvalue weighted by Crippen LogP contribution is 2.24. The van der Waals surface area contributed by atoms with E-state index in [1.54, 1.807) is 41.2 Å². The summed E-state index contributed by atoms with van der Waals surface area (Å²) in [7, 11) is 1.57. The second kappa shape index (κ2) is 10.2. The number of piperidine rings is 1. The summed E-state index contributed by atoms with van der Waals surface area (Å²) < 4.78 is 10.5. The quantitative estimate of drug-likeness (QED) is 0.559. The lowest BCUT2D eigenvalue weighted by atomic mass is 10.1. The van der Waals surface area contributed by atoms with Gasteiger partial charge in [-0.1, -0.05) is 11.2 Å². The third-order valence-corrected chi connectivity index (χ3v) is 6.63. The summed E-state index contributed by atoms with van der Waals surface area (Å²) in [5.74, 6) is 0.599. The maximum absolute atomic E-state index is 12.9. The fourth-order valence-electron chi connectivity index (χ4n) is 4.59. The number of hydrogen-bond donors (Lipinski definition) is 0. The van der Waals surface area contributed by atoms with Crippen LogP contribution in [0.5, 0.6) is 5.75 Å². The van der Waals surface area contributed by atoms with Crippen LogP contribution < -0.4 is 9.64 Å². The molecule has 2 fully saturated rings. The molecule has 35 heavy (non-hydrogen) atoms. The van der Waals surface area contributed by atoms with Crippen LogP contribution in [0.4, 0.5) is 5.69 Å². The summed E-state index contributed by atoms with van der Waals surface area (Å²) in [6.07, 6.45) is 3.74. The first-order valence-electron chi connectivity index (χ1n) is 12.0. The zero-order chi connectivity index (χ0) is 24.2. The molecule has 2 aromatic carbocycles. The van der Waals surface area contributed by atoms with E-state index < -0.39 is 0 Å². The number of nitrogens with zero attached hydrogens (tertiary/aromatic N) is 5. The van der Waals surface area contributed by atoms with E-state index in [1.165, 1.54) is 24.9 Å². The van der Waals surface area contributed by atoms with Crippen LogP contribution in [0.1, 0.15) is 40.3 Å². The highest BCUT2D eigenvalue weighted by Gasteiger charge is 2.28. The molecule has 0 spiro atoms. The van der Waals surface area contributed by atoms with Gasteiger partial charge in [-0.05, 0) is 61.7 Å². The fraction of sp³-hybridized carbons (Fsp3) is 0.385. The molecular weight excluding hydrogens is 446 g/mol. The maximum atomic E-state index is 12.9. The number of amides is 2. The summed E-state index contributed by atoms with van der Waals surface area (Å²) in [6, 6.07) is 15.1. The van der Waals surface area contributed by atoms with E-state index in [2.05, 4.69) is 27.2 Å². The minimum absolute atomic E-state index is 0.0346. The van der Waals surface area contributed by atoms with Gasteiger partial charge in [-0.3, -0.25) is 9.59 Å². The first kappa shape index (κ1) is 22.9. The van der Waals surface area contributed by atoms with Crippen molar-refractivity contribution in [2.75, 3.05) is 51.3 Å². The third kappa shape index (κ3) is 4.99. The van der Waals surface area contributed by atoms with Crippen LogP contribution in [0, 0.1) is 0 Å². The van der Waals surface area contributed by atoms with Crippen molar-refractivity contribution >= 4 is 17.5 Å². The van der Waals surface area contributed by atoms with Gasteiger partial charge in [0.05, 0.1) is 7.11 Å². The third-order valence-electron chi connectivity index (χ3n) is 6.63. The van der Waals surface area contributed by atoms with Gasteiger partial charge in [0.25, 0.3) is 5.91 Å². The Labute approximate surface area is 204 Å². The standard InChI is InChI=1S/C26H29N5O4/c1-34-22-7-5-6-20(18-22)25(32)30-14-16-31(17-15-30)26(33)24-27-23(28-35-24)19-8-10-21(11-9-19)29-12-3-2-4-13-29/h5-11,18H,2-4,12-17H2,1H3. The maximum Gasteiger partial charge on any atom is 0.316 e. The SMILES string of the molecule is COc1cccc(C(=O)N2CCN(C(=O)c3nc(-c4ccc(N5CCCCC5)cc4)no3)CC2)c1. The minimum Gasteiger partial charge on any atom is -0.497 e. The molecule has 0 radical (unpaired) electrons. The molecule has 5 rings (SSSR count). The summed E-state index contributed by atoms with van der Waals surface area (Å²) in [6.45, 7) is 3.83. The predicted octanol–water partition coefficient (Wildman–Crippen LogP) is 3.33. The van der Waals surface area contributed by atoms with Gasteiger partial charge in [0.1, 0.15) is 5.75 Å². The van der Waals surface area contributed by atoms with Gasteiger partial charge in [0.15, 0.2) is 0 Å². The van der Waals surface area contributed by atoms with Crippen LogP contribution in [0.25, 0.3) is 11.4 Å². The molecule has 0 atom stereocenters. The monoisotopic (exact) mass is 475 g/mol. The Kier molecular flexibility index (Phi) is 6.65. The van der Waals surface area contributed by atoms with Gasteiger partial charge >= 0.3 is 11.8 Å². The summed E-state index contributed by atoms with van der Waals surface area (Å²) in [5, 5.41) is 4.02. The number of carbonyl (C=O) groups is 2. The number of ether oxygens (including phenoxy) is 1. The van der Waals surface area contributed by atoms with E-state index >= 15 is 0 Å². The molecule has 9 nitrogen and oxygen atoms in total. The van der Waals surface area contributed by atoms with Gasteiger partial charge in [-0.2, -0.15) is 4.98 Å². The van der Waals surface area contributed by atoms with Gasteiger partial charge < -0.3 is 24.0 Å². The molecular formula is C26H29N5O4. The lowest BCUT2D eigenvalue weighted by molar-refractivity contribution is 0.0508. The Balaban J connectivity index is 1.19. The van der Waals surface area contributed by atoms with E-state index in [-0.39, 0.29) is 17.7 Å². The average Bonchev–Trinajstić information content (AvgIpc) is 3.43. The lowest BCUT2D eigenvalue weighted by Crippen LogP contribution is -2.50. The van der Waals surface area contributed by atoms with Crippen molar-refractivity contribution in [1.29, 1.82) is 0 Å². The summed E-state index contributed by atoms with van der Waals surface area (Å²) in [4.78, 5) is 35.9. The number of anilines is 1. The van der Waals surface area contributed by atoms with Crippen LogP contribution in [0.15, 0.2) is 53.1 Å². The number of aromatic nitrogens is 2. The zero-order valence-electron chi connectivity index (χ0n) is 19.9. The molecule has 0 saturated carbocycles. The number of benzene rings is 2.